The highest BCUT2D eigenvalue weighted by Crippen LogP contribution is 2.22. The highest BCUT2D eigenvalue weighted by molar-refractivity contribution is 9.10. The van der Waals surface area contributed by atoms with Gasteiger partial charge in [0.2, 0.25) is 0 Å². The molecule has 0 bridgehead atoms. The van der Waals surface area contributed by atoms with E-state index in [2.05, 4.69) is 31.5 Å². The Morgan fingerprint density at radius 1 is 0.958 bits per heavy atom. The maximum Gasteiger partial charge on any atom is 0.274 e. The van der Waals surface area contributed by atoms with E-state index < -0.39 is 0 Å². The fourth-order valence-corrected chi connectivity index (χ4v) is 2.54. The zero-order valence-electron chi connectivity index (χ0n) is 13.1. The third kappa shape index (κ3) is 4.00. The lowest BCUT2D eigenvalue weighted by molar-refractivity contribution is 0.102. The van der Waals surface area contributed by atoms with E-state index in [-0.39, 0.29) is 5.91 Å². The minimum absolute atomic E-state index is 0.246. The minimum atomic E-state index is -0.246. The predicted molar refractivity (Wildman–Crippen MR) is 101 cm³/mol. The largest absolute Gasteiger partial charge is 0.354 e. The summed E-state index contributed by atoms with van der Waals surface area (Å²) in [6.45, 7) is 2.05. The lowest BCUT2D eigenvalue weighted by atomic mass is 10.2. The van der Waals surface area contributed by atoms with E-state index >= 15 is 0 Å². The Balaban J connectivity index is 1.68. The average Bonchev–Trinajstić information content (AvgIpc) is 2.59. The van der Waals surface area contributed by atoms with Crippen molar-refractivity contribution >= 4 is 38.9 Å². The summed E-state index contributed by atoms with van der Waals surface area (Å²) in [7, 11) is 0. The molecule has 0 aliphatic heterocycles. The van der Waals surface area contributed by atoms with Crippen LogP contribution in [0.15, 0.2) is 71.3 Å². The van der Waals surface area contributed by atoms with Gasteiger partial charge in [-0.2, -0.15) is 0 Å². The first kappa shape index (κ1) is 16.2. The summed E-state index contributed by atoms with van der Waals surface area (Å²) in [4.78, 5) is 16.5. The van der Waals surface area contributed by atoms with Gasteiger partial charge in [0.05, 0.1) is 17.6 Å². The van der Waals surface area contributed by atoms with Gasteiger partial charge in [0, 0.05) is 10.2 Å². The Bertz CT molecular complexity index is 845. The summed E-state index contributed by atoms with van der Waals surface area (Å²) >= 11 is 3.41. The maximum absolute atomic E-state index is 12.3. The average molecular weight is 382 g/mol. The van der Waals surface area contributed by atoms with E-state index in [1.807, 2.05) is 61.5 Å². The number of carbonyl (C=O) groups is 1. The van der Waals surface area contributed by atoms with Gasteiger partial charge in [0.1, 0.15) is 5.69 Å². The van der Waals surface area contributed by atoms with Crippen LogP contribution >= 0.6 is 15.9 Å². The Labute approximate surface area is 149 Å². The lowest BCUT2D eigenvalue weighted by Crippen LogP contribution is -2.13. The van der Waals surface area contributed by atoms with Crippen molar-refractivity contribution in [2.24, 2.45) is 0 Å². The van der Waals surface area contributed by atoms with Gasteiger partial charge in [-0.25, -0.2) is 4.98 Å². The van der Waals surface area contributed by atoms with Crippen LogP contribution < -0.4 is 10.6 Å². The van der Waals surface area contributed by atoms with Gasteiger partial charge in [-0.05, 0) is 59.3 Å². The molecule has 1 amide bonds. The summed E-state index contributed by atoms with van der Waals surface area (Å²) in [5, 5.41) is 6.09. The number of nitrogens with zero attached hydrogens (tertiary/aromatic N) is 1. The number of carbonyl (C=O) groups excluding carboxylic acids is 1. The lowest BCUT2D eigenvalue weighted by Gasteiger charge is -2.09. The molecule has 3 rings (SSSR count). The number of aryl methyl sites for hydroxylation is 1. The van der Waals surface area contributed by atoms with Gasteiger partial charge in [0.25, 0.3) is 5.91 Å². The van der Waals surface area contributed by atoms with Crippen LogP contribution in [0.1, 0.15) is 16.1 Å². The number of nitrogens with one attached hydrogen (secondary N) is 2. The van der Waals surface area contributed by atoms with Crippen molar-refractivity contribution in [3.05, 3.63) is 82.6 Å². The van der Waals surface area contributed by atoms with Crippen molar-refractivity contribution in [2.75, 3.05) is 10.6 Å². The molecule has 1 aromatic heterocycles. The zero-order valence-corrected chi connectivity index (χ0v) is 14.7. The maximum atomic E-state index is 12.3. The molecule has 1 heterocycles. The van der Waals surface area contributed by atoms with Crippen LogP contribution in [0, 0.1) is 6.92 Å². The molecular formula is C19H16BrN3O. The van der Waals surface area contributed by atoms with Crippen LogP contribution in [0.4, 0.5) is 17.1 Å². The van der Waals surface area contributed by atoms with Crippen LogP contribution in [0.2, 0.25) is 0 Å². The first-order chi connectivity index (χ1) is 11.6. The molecule has 0 aliphatic rings. The quantitative estimate of drug-likeness (QED) is 0.656. The van der Waals surface area contributed by atoms with Crippen molar-refractivity contribution in [3.8, 4) is 0 Å². The number of halogens is 1. The van der Waals surface area contributed by atoms with Gasteiger partial charge in [-0.1, -0.05) is 29.8 Å². The van der Waals surface area contributed by atoms with Gasteiger partial charge < -0.3 is 10.6 Å². The first-order valence-corrected chi connectivity index (χ1v) is 8.27. The molecule has 0 fully saturated rings. The monoisotopic (exact) mass is 381 g/mol. The van der Waals surface area contributed by atoms with Gasteiger partial charge in [-0.3, -0.25) is 4.79 Å². The fraction of sp³-hybridized carbons (Fsp3) is 0.0526. The minimum Gasteiger partial charge on any atom is -0.354 e. The number of anilines is 3. The number of pyridine rings is 1. The van der Waals surface area contributed by atoms with Crippen LogP contribution in [-0.4, -0.2) is 10.9 Å². The topological polar surface area (TPSA) is 54.0 Å². The molecule has 5 heteroatoms. The van der Waals surface area contributed by atoms with Crippen molar-refractivity contribution in [3.63, 3.8) is 0 Å². The molecule has 0 radical (unpaired) electrons. The first-order valence-electron chi connectivity index (χ1n) is 7.47. The number of aromatic nitrogens is 1. The smallest absolute Gasteiger partial charge is 0.274 e. The van der Waals surface area contributed by atoms with Crippen LogP contribution in [-0.2, 0) is 0 Å². The number of hydrogen-bond donors (Lipinski definition) is 2. The number of rotatable bonds is 4. The molecule has 0 saturated heterocycles. The molecular weight excluding hydrogens is 366 g/mol. The number of benzene rings is 2. The second-order valence-electron chi connectivity index (χ2n) is 5.36. The Hall–Kier alpha value is -2.66. The Morgan fingerprint density at radius 2 is 1.67 bits per heavy atom. The summed E-state index contributed by atoms with van der Waals surface area (Å²) in [5.41, 5.74) is 4.09. The Kier molecular flexibility index (Phi) is 4.91. The van der Waals surface area contributed by atoms with Crippen LogP contribution in [0.25, 0.3) is 0 Å². The van der Waals surface area contributed by atoms with Crippen LogP contribution in [0.3, 0.4) is 0 Å². The summed E-state index contributed by atoms with van der Waals surface area (Å²) in [5.74, 6) is -0.246. The van der Waals surface area contributed by atoms with Gasteiger partial charge >= 0.3 is 0 Å². The molecule has 0 aliphatic carbocycles. The highest BCUT2D eigenvalue weighted by atomic mass is 79.9. The van der Waals surface area contributed by atoms with E-state index in [0.29, 0.717) is 11.4 Å². The molecule has 0 unspecified atom stereocenters. The van der Waals surface area contributed by atoms with E-state index in [0.717, 1.165) is 15.8 Å². The molecule has 120 valence electrons. The van der Waals surface area contributed by atoms with Gasteiger partial charge in [0.15, 0.2) is 0 Å². The molecule has 0 atom stereocenters. The molecule has 2 aromatic carbocycles. The van der Waals surface area contributed by atoms with Crippen molar-refractivity contribution in [2.45, 2.75) is 6.92 Å². The van der Waals surface area contributed by atoms with Crippen molar-refractivity contribution in [1.29, 1.82) is 0 Å². The zero-order chi connectivity index (χ0) is 16.9. The number of para-hydroxylation sites is 1. The van der Waals surface area contributed by atoms with E-state index in [4.69, 9.17) is 0 Å². The highest BCUT2D eigenvalue weighted by Gasteiger charge is 2.09. The summed E-state index contributed by atoms with van der Waals surface area (Å²) in [6.07, 6.45) is 1.65. The standard InChI is InChI=1S/C19H16BrN3O/c1-13-6-8-14(9-7-13)22-15-10-11-18(21-12-15)19(24)23-17-5-3-2-4-16(17)20/h2-12,22H,1H3,(H,23,24). The number of hydrogen-bond acceptors (Lipinski definition) is 3. The molecule has 0 saturated carbocycles. The van der Waals surface area contributed by atoms with Crippen LogP contribution in [0.5, 0.6) is 0 Å². The molecule has 3 aromatic rings. The predicted octanol–water partition coefficient (Wildman–Crippen LogP) is 5.15. The second-order valence-corrected chi connectivity index (χ2v) is 6.21. The van der Waals surface area contributed by atoms with Crippen molar-refractivity contribution < 1.29 is 4.79 Å². The fourth-order valence-electron chi connectivity index (χ4n) is 2.15. The van der Waals surface area contributed by atoms with E-state index in [1.54, 1.807) is 12.3 Å². The molecule has 4 nitrogen and oxygen atoms in total. The Morgan fingerprint density at radius 3 is 2.33 bits per heavy atom. The normalized spacial score (nSPS) is 10.2. The van der Waals surface area contributed by atoms with E-state index in [1.165, 1.54) is 5.56 Å². The second kappa shape index (κ2) is 7.27. The summed E-state index contributed by atoms with van der Waals surface area (Å²) < 4.78 is 0.830. The number of amides is 1. The third-order valence-corrected chi connectivity index (χ3v) is 4.15. The molecule has 24 heavy (non-hydrogen) atoms. The van der Waals surface area contributed by atoms with E-state index in [9.17, 15) is 4.79 Å². The summed E-state index contributed by atoms with van der Waals surface area (Å²) in [6, 6.07) is 19.1. The molecule has 0 spiro atoms. The van der Waals surface area contributed by atoms with Gasteiger partial charge in [-0.15, -0.1) is 0 Å². The third-order valence-electron chi connectivity index (χ3n) is 3.46. The SMILES string of the molecule is Cc1ccc(Nc2ccc(C(=O)Nc3ccccc3Br)nc2)cc1. The molecule has 2 N–H and O–H groups in total. The van der Waals surface area contributed by atoms with Crippen molar-refractivity contribution in [1.82, 2.24) is 4.98 Å².